The minimum atomic E-state index is -1.02. The van der Waals surface area contributed by atoms with E-state index in [0.29, 0.717) is 5.69 Å². The van der Waals surface area contributed by atoms with E-state index in [1.807, 2.05) is 30.3 Å². The number of hydrogen-bond donors (Lipinski definition) is 2. The maximum atomic E-state index is 14.2. The average molecular weight is 382 g/mol. The first kappa shape index (κ1) is 17.6. The van der Waals surface area contributed by atoms with E-state index >= 15 is 0 Å². The molecule has 0 spiro atoms. The van der Waals surface area contributed by atoms with Gasteiger partial charge in [-0.15, -0.1) is 10.2 Å². The lowest BCUT2D eigenvalue weighted by atomic mass is 10.1. The fourth-order valence-corrected chi connectivity index (χ4v) is 2.79. The Bertz CT molecular complexity index is 1170. The Morgan fingerprint density at radius 1 is 1.14 bits per heavy atom. The van der Waals surface area contributed by atoms with Crippen LogP contribution in [0.5, 0.6) is 0 Å². The summed E-state index contributed by atoms with van der Waals surface area (Å²) in [6, 6.07) is 11.0. The third-order valence-corrected chi connectivity index (χ3v) is 4.14. The molecule has 1 amide bonds. The quantitative estimate of drug-likeness (QED) is 0.415. The van der Waals surface area contributed by atoms with Crippen molar-refractivity contribution >= 4 is 16.7 Å². The molecule has 28 heavy (non-hydrogen) atoms. The number of nitrogens with zero attached hydrogens (tertiary/aromatic N) is 5. The summed E-state index contributed by atoms with van der Waals surface area (Å²) in [5, 5.41) is 22.3. The second-order valence-electron chi connectivity index (χ2n) is 5.88. The fraction of sp³-hybridized carbons (Fsp3) is 0.0556. The van der Waals surface area contributed by atoms with Crippen LogP contribution in [0.25, 0.3) is 22.3 Å². The first-order valence-electron chi connectivity index (χ1n) is 8.11. The highest BCUT2D eigenvalue weighted by atomic mass is 19.1. The van der Waals surface area contributed by atoms with Crippen molar-refractivity contribution in [1.29, 1.82) is 0 Å². The van der Waals surface area contributed by atoms with Gasteiger partial charge in [-0.25, -0.2) is 14.3 Å². The van der Waals surface area contributed by atoms with Crippen molar-refractivity contribution in [3.05, 3.63) is 71.4 Å². The number of hydrogen-bond acceptors (Lipinski definition) is 6. The molecule has 8 nitrogen and oxygen atoms in total. The van der Waals surface area contributed by atoms with E-state index in [4.69, 9.17) is 5.21 Å². The lowest BCUT2D eigenvalue weighted by Crippen LogP contribution is -2.19. The fourth-order valence-electron chi connectivity index (χ4n) is 2.79. The first-order chi connectivity index (χ1) is 13.6. The standard InChI is InChI=1S/C18H12F2N6O2/c19-14-7-11(18(27)24-28)8-15(20)13(14)9-26-23-17(22-25-26)16-12-4-2-1-3-10(12)5-6-21-16/h1-8,28H,9H2,(H,24,27). The number of carbonyl (C=O) groups excluding carboxylic acids is 1. The van der Waals surface area contributed by atoms with Gasteiger partial charge in [-0.2, -0.15) is 4.80 Å². The van der Waals surface area contributed by atoms with Gasteiger partial charge in [-0.05, 0) is 28.8 Å². The second kappa shape index (κ2) is 7.08. The van der Waals surface area contributed by atoms with Crippen LogP contribution in [0.2, 0.25) is 0 Å². The summed E-state index contributed by atoms with van der Waals surface area (Å²) < 4.78 is 28.5. The molecule has 2 N–H and O–H groups in total. The van der Waals surface area contributed by atoms with Crippen molar-refractivity contribution in [1.82, 2.24) is 30.7 Å². The van der Waals surface area contributed by atoms with Crippen LogP contribution in [-0.2, 0) is 6.54 Å². The van der Waals surface area contributed by atoms with Crippen molar-refractivity contribution < 1.29 is 18.8 Å². The Morgan fingerprint density at radius 3 is 2.64 bits per heavy atom. The lowest BCUT2D eigenvalue weighted by molar-refractivity contribution is 0.0705. The van der Waals surface area contributed by atoms with Gasteiger partial charge in [0.25, 0.3) is 5.91 Å². The number of nitrogens with one attached hydrogen (secondary N) is 1. The summed E-state index contributed by atoms with van der Waals surface area (Å²) in [6.07, 6.45) is 1.61. The highest BCUT2D eigenvalue weighted by Gasteiger charge is 2.17. The Labute approximate surface area is 156 Å². The largest absolute Gasteiger partial charge is 0.288 e. The topological polar surface area (TPSA) is 106 Å². The number of aromatic nitrogens is 5. The van der Waals surface area contributed by atoms with E-state index < -0.39 is 17.5 Å². The molecule has 4 rings (SSSR count). The molecule has 0 aliphatic carbocycles. The predicted molar refractivity (Wildman–Crippen MR) is 93.3 cm³/mol. The number of fused-ring (bicyclic) bond motifs is 1. The molecule has 2 aromatic heterocycles. The molecule has 0 unspecified atom stereocenters. The average Bonchev–Trinajstić information content (AvgIpc) is 3.18. The summed E-state index contributed by atoms with van der Waals surface area (Å²) >= 11 is 0. The molecule has 0 atom stereocenters. The number of carbonyl (C=O) groups is 1. The third-order valence-electron chi connectivity index (χ3n) is 4.14. The highest BCUT2D eigenvalue weighted by Crippen LogP contribution is 2.23. The van der Waals surface area contributed by atoms with Crippen molar-refractivity contribution in [2.75, 3.05) is 0 Å². The first-order valence-corrected chi connectivity index (χ1v) is 8.11. The summed E-state index contributed by atoms with van der Waals surface area (Å²) in [5.41, 5.74) is 1.13. The van der Waals surface area contributed by atoms with E-state index in [0.717, 1.165) is 27.7 Å². The zero-order valence-electron chi connectivity index (χ0n) is 14.2. The molecule has 4 aromatic rings. The smallest absolute Gasteiger partial charge is 0.274 e. The minimum absolute atomic E-state index is 0.217. The van der Waals surface area contributed by atoms with E-state index in [-0.39, 0.29) is 23.5 Å². The molecule has 0 saturated carbocycles. The molecule has 0 radical (unpaired) electrons. The number of tetrazole rings is 1. The van der Waals surface area contributed by atoms with Gasteiger partial charge in [0.15, 0.2) is 0 Å². The Hall–Kier alpha value is -3.79. The van der Waals surface area contributed by atoms with Crippen molar-refractivity contribution in [3.63, 3.8) is 0 Å². The van der Waals surface area contributed by atoms with Crippen LogP contribution >= 0.6 is 0 Å². The molecule has 0 aliphatic heterocycles. The van der Waals surface area contributed by atoms with Crippen LogP contribution in [0.1, 0.15) is 15.9 Å². The molecule has 0 aliphatic rings. The zero-order valence-corrected chi connectivity index (χ0v) is 14.2. The van der Waals surface area contributed by atoms with Gasteiger partial charge in [-0.1, -0.05) is 24.3 Å². The van der Waals surface area contributed by atoms with Crippen LogP contribution in [0, 0.1) is 11.6 Å². The molecule has 2 heterocycles. The van der Waals surface area contributed by atoms with Gasteiger partial charge in [0.1, 0.15) is 17.3 Å². The van der Waals surface area contributed by atoms with Gasteiger partial charge in [0, 0.05) is 22.7 Å². The number of pyridine rings is 1. The van der Waals surface area contributed by atoms with Crippen LogP contribution < -0.4 is 5.48 Å². The van der Waals surface area contributed by atoms with E-state index in [1.165, 1.54) is 5.48 Å². The normalized spacial score (nSPS) is 11.0. The SMILES string of the molecule is O=C(NO)c1cc(F)c(Cn2nnc(-c3nccc4ccccc34)n2)c(F)c1. The zero-order chi connectivity index (χ0) is 19.7. The molecule has 0 saturated heterocycles. The summed E-state index contributed by atoms with van der Waals surface area (Å²) in [4.78, 5) is 16.6. The maximum Gasteiger partial charge on any atom is 0.274 e. The summed E-state index contributed by atoms with van der Waals surface area (Å²) in [6.45, 7) is -0.337. The van der Waals surface area contributed by atoms with Crippen LogP contribution in [0.3, 0.4) is 0 Å². The molecule has 0 bridgehead atoms. The monoisotopic (exact) mass is 382 g/mol. The number of rotatable bonds is 4. The molecule has 140 valence electrons. The van der Waals surface area contributed by atoms with Gasteiger partial charge >= 0.3 is 0 Å². The van der Waals surface area contributed by atoms with Crippen molar-refractivity contribution in [2.24, 2.45) is 0 Å². The van der Waals surface area contributed by atoms with Gasteiger partial charge in [0.05, 0.1) is 6.54 Å². The van der Waals surface area contributed by atoms with Crippen LogP contribution in [0.4, 0.5) is 8.78 Å². The summed E-state index contributed by atoms with van der Waals surface area (Å²) in [7, 11) is 0. The number of benzene rings is 2. The minimum Gasteiger partial charge on any atom is -0.288 e. The third kappa shape index (κ3) is 3.16. The Balaban J connectivity index is 1.67. The number of halogens is 2. The lowest BCUT2D eigenvalue weighted by Gasteiger charge is -2.06. The van der Waals surface area contributed by atoms with E-state index in [9.17, 15) is 13.6 Å². The molecular weight excluding hydrogens is 370 g/mol. The predicted octanol–water partition coefficient (Wildman–Crippen LogP) is 2.33. The van der Waals surface area contributed by atoms with Crippen molar-refractivity contribution in [2.45, 2.75) is 6.54 Å². The molecule has 2 aromatic carbocycles. The van der Waals surface area contributed by atoms with E-state index in [1.54, 1.807) is 6.20 Å². The van der Waals surface area contributed by atoms with Crippen LogP contribution in [0.15, 0.2) is 48.7 Å². The van der Waals surface area contributed by atoms with Crippen LogP contribution in [-0.4, -0.2) is 36.3 Å². The molecule has 0 fully saturated rings. The number of amides is 1. The van der Waals surface area contributed by atoms with Gasteiger partial charge in [-0.3, -0.25) is 15.0 Å². The highest BCUT2D eigenvalue weighted by molar-refractivity contribution is 5.93. The number of hydroxylamine groups is 1. The Kier molecular flexibility index (Phi) is 4.45. The molecular formula is C18H12F2N6O2. The maximum absolute atomic E-state index is 14.2. The second-order valence-corrected chi connectivity index (χ2v) is 5.88. The van der Waals surface area contributed by atoms with Gasteiger partial charge < -0.3 is 0 Å². The summed E-state index contributed by atoms with van der Waals surface area (Å²) in [5.74, 6) is -2.75. The molecule has 10 heteroatoms. The van der Waals surface area contributed by atoms with E-state index in [2.05, 4.69) is 20.4 Å². The van der Waals surface area contributed by atoms with Gasteiger partial charge in [0.2, 0.25) is 5.82 Å². The Morgan fingerprint density at radius 2 is 1.89 bits per heavy atom. The van der Waals surface area contributed by atoms with Crippen molar-refractivity contribution in [3.8, 4) is 11.5 Å².